The van der Waals surface area contributed by atoms with Crippen LogP contribution in [0, 0.1) is 18.8 Å². The van der Waals surface area contributed by atoms with Crippen LogP contribution >= 0.6 is 0 Å². The smallest absolute Gasteiger partial charge is 0.270 e. The third kappa shape index (κ3) is 4.00. The molecule has 1 atom stereocenters. The molecule has 0 bridgehead atoms. The summed E-state index contributed by atoms with van der Waals surface area (Å²) in [6.07, 6.45) is 1.82. The van der Waals surface area contributed by atoms with E-state index in [0.717, 1.165) is 24.1 Å². The SMILES string of the molecule is Cc1c(NC(C)C(C)C)cccc1C(=O)NNC(=O)C1CC1. The molecule has 1 fully saturated rings. The molecule has 0 radical (unpaired) electrons. The molecule has 5 heteroatoms. The Bertz CT molecular complexity index is 565. The normalized spacial score (nSPS) is 15.3. The summed E-state index contributed by atoms with van der Waals surface area (Å²) in [6.45, 7) is 8.33. The van der Waals surface area contributed by atoms with E-state index in [4.69, 9.17) is 0 Å². The van der Waals surface area contributed by atoms with Crippen molar-refractivity contribution in [2.45, 2.75) is 46.6 Å². The topological polar surface area (TPSA) is 70.2 Å². The Morgan fingerprint density at radius 2 is 1.82 bits per heavy atom. The molecule has 0 aliphatic heterocycles. The van der Waals surface area contributed by atoms with Crippen molar-refractivity contribution < 1.29 is 9.59 Å². The monoisotopic (exact) mass is 303 g/mol. The predicted molar refractivity (Wildman–Crippen MR) is 87.4 cm³/mol. The fourth-order valence-corrected chi connectivity index (χ4v) is 2.08. The zero-order valence-corrected chi connectivity index (χ0v) is 13.7. The van der Waals surface area contributed by atoms with E-state index in [9.17, 15) is 9.59 Å². The first-order valence-corrected chi connectivity index (χ1v) is 7.86. The van der Waals surface area contributed by atoms with Crippen molar-refractivity contribution in [3.8, 4) is 0 Å². The summed E-state index contributed by atoms with van der Waals surface area (Å²) in [5, 5.41) is 3.43. The van der Waals surface area contributed by atoms with E-state index in [-0.39, 0.29) is 17.7 Å². The van der Waals surface area contributed by atoms with E-state index >= 15 is 0 Å². The number of benzene rings is 1. The van der Waals surface area contributed by atoms with Crippen LogP contribution in [0.2, 0.25) is 0 Å². The van der Waals surface area contributed by atoms with E-state index < -0.39 is 0 Å². The highest BCUT2D eigenvalue weighted by atomic mass is 16.2. The molecule has 1 unspecified atom stereocenters. The van der Waals surface area contributed by atoms with Crippen LogP contribution in [-0.2, 0) is 4.79 Å². The van der Waals surface area contributed by atoms with Gasteiger partial charge in [0.05, 0.1) is 0 Å². The average molecular weight is 303 g/mol. The van der Waals surface area contributed by atoms with Crippen LogP contribution in [0.1, 0.15) is 49.5 Å². The Morgan fingerprint density at radius 1 is 1.14 bits per heavy atom. The molecular formula is C17H25N3O2. The van der Waals surface area contributed by atoms with E-state index in [2.05, 4.69) is 36.9 Å². The van der Waals surface area contributed by atoms with Gasteiger partial charge < -0.3 is 5.32 Å². The van der Waals surface area contributed by atoms with E-state index in [1.165, 1.54) is 0 Å². The first-order valence-electron chi connectivity index (χ1n) is 7.86. The Balaban J connectivity index is 2.03. The van der Waals surface area contributed by atoms with Crippen molar-refractivity contribution >= 4 is 17.5 Å². The highest BCUT2D eigenvalue weighted by Gasteiger charge is 2.29. The first kappa shape index (κ1) is 16.3. The second-order valence-corrected chi connectivity index (χ2v) is 6.37. The first-order chi connectivity index (χ1) is 10.4. The van der Waals surface area contributed by atoms with Gasteiger partial charge in [-0.2, -0.15) is 0 Å². The summed E-state index contributed by atoms with van der Waals surface area (Å²) in [7, 11) is 0. The van der Waals surface area contributed by atoms with Gasteiger partial charge in [-0.05, 0) is 50.3 Å². The maximum absolute atomic E-state index is 12.2. The third-order valence-corrected chi connectivity index (χ3v) is 4.21. The number of carbonyl (C=O) groups is 2. The van der Waals surface area contributed by atoms with E-state index in [0.29, 0.717) is 17.5 Å². The maximum atomic E-state index is 12.2. The summed E-state index contributed by atoms with van der Waals surface area (Å²) >= 11 is 0. The standard InChI is InChI=1S/C17H25N3O2/c1-10(2)12(4)18-15-7-5-6-14(11(15)3)17(22)20-19-16(21)13-8-9-13/h5-7,10,12-13,18H,8-9H2,1-4H3,(H,19,21)(H,20,22). The van der Waals surface area contributed by atoms with Crippen molar-refractivity contribution in [1.29, 1.82) is 0 Å². The van der Waals surface area contributed by atoms with Gasteiger partial charge in [0.25, 0.3) is 5.91 Å². The number of hydrogen-bond acceptors (Lipinski definition) is 3. The minimum Gasteiger partial charge on any atom is -0.382 e. The van der Waals surface area contributed by atoms with Crippen molar-refractivity contribution in [1.82, 2.24) is 10.9 Å². The van der Waals surface area contributed by atoms with E-state index in [1.807, 2.05) is 19.1 Å². The lowest BCUT2D eigenvalue weighted by molar-refractivity contribution is -0.123. The predicted octanol–water partition coefficient (Wildman–Crippen LogP) is 2.62. The number of amides is 2. The molecule has 3 N–H and O–H groups in total. The number of hydrogen-bond donors (Lipinski definition) is 3. The molecule has 1 saturated carbocycles. The fraction of sp³-hybridized carbons (Fsp3) is 0.529. The molecule has 1 aromatic carbocycles. The van der Waals surface area contributed by atoms with Crippen molar-refractivity contribution in [3.05, 3.63) is 29.3 Å². The van der Waals surface area contributed by atoms with Gasteiger partial charge in [-0.3, -0.25) is 20.4 Å². The van der Waals surface area contributed by atoms with Crippen molar-refractivity contribution in [2.75, 3.05) is 5.32 Å². The number of anilines is 1. The number of carbonyl (C=O) groups excluding carboxylic acids is 2. The maximum Gasteiger partial charge on any atom is 0.270 e. The highest BCUT2D eigenvalue weighted by molar-refractivity contribution is 5.98. The largest absolute Gasteiger partial charge is 0.382 e. The molecule has 0 spiro atoms. The molecule has 2 rings (SSSR count). The minimum absolute atomic E-state index is 0.0706. The minimum atomic E-state index is -0.285. The fourth-order valence-electron chi connectivity index (χ4n) is 2.08. The van der Waals surface area contributed by atoms with Crippen LogP contribution in [0.4, 0.5) is 5.69 Å². The summed E-state index contributed by atoms with van der Waals surface area (Å²) in [6, 6.07) is 5.89. The number of nitrogens with one attached hydrogen (secondary N) is 3. The van der Waals surface area contributed by atoms with Gasteiger partial charge in [0.1, 0.15) is 0 Å². The van der Waals surface area contributed by atoms with Gasteiger partial charge in [0.15, 0.2) is 0 Å². The van der Waals surface area contributed by atoms with Crippen LogP contribution in [0.3, 0.4) is 0 Å². The summed E-state index contributed by atoms with van der Waals surface area (Å²) in [4.78, 5) is 23.8. The number of rotatable bonds is 5. The summed E-state index contributed by atoms with van der Waals surface area (Å²) < 4.78 is 0. The molecule has 120 valence electrons. The van der Waals surface area contributed by atoms with Crippen LogP contribution < -0.4 is 16.2 Å². The third-order valence-electron chi connectivity index (χ3n) is 4.21. The molecular weight excluding hydrogens is 278 g/mol. The zero-order chi connectivity index (χ0) is 16.3. The Hall–Kier alpha value is -2.04. The Labute approximate surface area is 131 Å². The van der Waals surface area contributed by atoms with Crippen LogP contribution in [0.15, 0.2) is 18.2 Å². The quantitative estimate of drug-likeness (QED) is 0.732. The van der Waals surface area contributed by atoms with Gasteiger partial charge in [-0.25, -0.2) is 0 Å². The van der Waals surface area contributed by atoms with Gasteiger partial charge >= 0.3 is 0 Å². The summed E-state index contributed by atoms with van der Waals surface area (Å²) in [5.74, 6) is 0.178. The second kappa shape index (κ2) is 6.81. The lowest BCUT2D eigenvalue weighted by Gasteiger charge is -2.21. The second-order valence-electron chi connectivity index (χ2n) is 6.37. The molecule has 2 amide bonds. The molecule has 1 aliphatic rings. The van der Waals surface area contributed by atoms with Crippen molar-refractivity contribution in [3.63, 3.8) is 0 Å². The molecule has 5 nitrogen and oxygen atoms in total. The van der Waals surface area contributed by atoms with Crippen LogP contribution in [0.25, 0.3) is 0 Å². The molecule has 22 heavy (non-hydrogen) atoms. The molecule has 1 aromatic rings. The van der Waals surface area contributed by atoms with Gasteiger partial charge in [-0.15, -0.1) is 0 Å². The average Bonchev–Trinajstić information content (AvgIpc) is 3.31. The number of hydrazine groups is 1. The lowest BCUT2D eigenvalue weighted by atomic mass is 10.0. The van der Waals surface area contributed by atoms with Gasteiger partial charge in [-0.1, -0.05) is 19.9 Å². The Kier molecular flexibility index (Phi) is 5.06. The zero-order valence-electron chi connectivity index (χ0n) is 13.7. The van der Waals surface area contributed by atoms with Crippen LogP contribution in [-0.4, -0.2) is 17.9 Å². The molecule has 0 aromatic heterocycles. The Morgan fingerprint density at radius 3 is 2.41 bits per heavy atom. The van der Waals surface area contributed by atoms with Crippen molar-refractivity contribution in [2.24, 2.45) is 11.8 Å². The van der Waals surface area contributed by atoms with Crippen LogP contribution in [0.5, 0.6) is 0 Å². The van der Waals surface area contributed by atoms with E-state index in [1.54, 1.807) is 6.07 Å². The molecule has 0 heterocycles. The highest BCUT2D eigenvalue weighted by Crippen LogP contribution is 2.28. The summed E-state index contributed by atoms with van der Waals surface area (Å²) in [5.41, 5.74) is 7.38. The molecule has 0 saturated heterocycles. The van der Waals surface area contributed by atoms with Gasteiger partial charge in [0.2, 0.25) is 5.91 Å². The lowest BCUT2D eigenvalue weighted by Crippen LogP contribution is -2.42. The van der Waals surface area contributed by atoms with Gasteiger partial charge in [0, 0.05) is 23.2 Å². The molecule has 1 aliphatic carbocycles.